The fourth-order valence-corrected chi connectivity index (χ4v) is 3.94. The van der Waals surface area contributed by atoms with Crippen molar-refractivity contribution in [2.24, 2.45) is 0 Å². The largest absolute Gasteiger partial charge is 1.00 e. The van der Waals surface area contributed by atoms with Crippen LogP contribution in [0.4, 0.5) is 11.4 Å². The number of nitrogens with one attached hydrogen (secondary N) is 1. The van der Waals surface area contributed by atoms with Crippen LogP contribution in [0, 0.1) is 0 Å². The Bertz CT molecular complexity index is 1490. The van der Waals surface area contributed by atoms with Crippen LogP contribution < -0.4 is 34.9 Å². The van der Waals surface area contributed by atoms with Gasteiger partial charge in [0.05, 0.1) is 46.4 Å². The van der Waals surface area contributed by atoms with Crippen LogP contribution in [-0.2, 0) is 14.8 Å². The summed E-state index contributed by atoms with van der Waals surface area (Å²) in [5, 5.41) is 7.52. The summed E-state index contributed by atoms with van der Waals surface area (Å²) in [6.07, 6.45) is 7.29. The van der Waals surface area contributed by atoms with Crippen LogP contribution in [0.25, 0.3) is 27.4 Å². The van der Waals surface area contributed by atoms with Gasteiger partial charge in [0.1, 0.15) is 11.4 Å². The van der Waals surface area contributed by atoms with E-state index in [1.807, 2.05) is 12.1 Å². The van der Waals surface area contributed by atoms with Gasteiger partial charge in [-0.15, -0.1) is 5.69 Å². The van der Waals surface area contributed by atoms with Crippen LogP contribution in [0.5, 0.6) is 0 Å². The van der Waals surface area contributed by atoms with E-state index in [4.69, 9.17) is 4.74 Å². The van der Waals surface area contributed by atoms with Crippen molar-refractivity contribution in [1.82, 2.24) is 24.7 Å². The maximum atomic E-state index is 13.1. The monoisotopic (exact) mass is 513 g/mol. The van der Waals surface area contributed by atoms with Gasteiger partial charge in [0.2, 0.25) is 0 Å². The van der Waals surface area contributed by atoms with E-state index in [-0.39, 0.29) is 47.0 Å². The van der Waals surface area contributed by atoms with Gasteiger partial charge < -0.3 is 14.8 Å². The van der Waals surface area contributed by atoms with Crippen molar-refractivity contribution in [2.45, 2.75) is 6.04 Å². The fraction of sp³-hybridized carbons (Fsp3) is 0.174. The molecule has 1 aliphatic heterocycles. The summed E-state index contributed by atoms with van der Waals surface area (Å²) in [5.74, 6) is -0.432. The summed E-state index contributed by atoms with van der Waals surface area (Å²) in [4.78, 5) is 26.0. The van der Waals surface area contributed by atoms with Gasteiger partial charge in [-0.1, -0.05) is 18.2 Å². The molecule has 1 N–H and O–H groups in total. The van der Waals surface area contributed by atoms with Crippen LogP contribution in [0.2, 0.25) is 0 Å². The summed E-state index contributed by atoms with van der Waals surface area (Å²) in [6, 6.07) is 12.1. The van der Waals surface area contributed by atoms with Crippen molar-refractivity contribution in [2.75, 3.05) is 24.8 Å². The van der Waals surface area contributed by atoms with Gasteiger partial charge in [-0.3, -0.25) is 19.4 Å². The summed E-state index contributed by atoms with van der Waals surface area (Å²) in [5.41, 5.74) is 2.99. The number of hydrogen-bond acceptors (Lipinski definition) is 8. The minimum absolute atomic E-state index is 0. The number of anilines is 1. The van der Waals surface area contributed by atoms with Crippen LogP contribution in [0.3, 0.4) is 0 Å². The van der Waals surface area contributed by atoms with Crippen molar-refractivity contribution in [3.63, 3.8) is 0 Å². The normalized spacial score (nSPS) is 13.4. The molecule has 5 rings (SSSR count). The zero-order chi connectivity index (χ0) is 24.4. The second kappa shape index (κ2) is 10.8. The van der Waals surface area contributed by atoms with Crippen molar-refractivity contribution in [3.8, 4) is 22.6 Å². The molecule has 4 aromatic heterocycles. The molecule has 13 heteroatoms. The number of nitrogens with zero attached hydrogens (tertiary/aromatic N) is 6. The van der Waals surface area contributed by atoms with E-state index in [0.29, 0.717) is 41.5 Å². The third kappa shape index (κ3) is 5.97. The van der Waals surface area contributed by atoms with E-state index in [9.17, 15) is 13.2 Å². The number of sulfonamides is 1. The Kier molecular flexibility index (Phi) is 7.81. The predicted octanol–water partition coefficient (Wildman–Crippen LogP) is 0.194. The summed E-state index contributed by atoms with van der Waals surface area (Å²) < 4.78 is 33.6. The smallest absolute Gasteiger partial charge is 0.576 e. The standard InChI is InChI=1S/C23H20N7O4S.Na/c1-35(32,33)29-16-9-15(10-24-11-16)18-6-4-7-20(26-18)23(31)27-21-12-30(17-13-34-14-17)28-22(21)19-5-2-3-8-25-19;/h2-12,17H,13-14H2,1H3,(H,27,31);/q-1;+1. The molecular weight excluding hydrogens is 493 g/mol. The van der Waals surface area contributed by atoms with Gasteiger partial charge in [-0.2, -0.15) is 5.10 Å². The average Bonchev–Trinajstić information content (AvgIpc) is 3.20. The van der Waals surface area contributed by atoms with Crippen LogP contribution in [0.15, 0.2) is 67.3 Å². The molecule has 0 aliphatic carbocycles. The molecule has 11 nitrogen and oxygen atoms in total. The van der Waals surface area contributed by atoms with Crippen LogP contribution in [-0.4, -0.2) is 58.5 Å². The molecule has 0 atom stereocenters. The predicted molar refractivity (Wildman–Crippen MR) is 129 cm³/mol. The molecule has 0 aromatic carbocycles. The number of ether oxygens (including phenoxy) is 1. The van der Waals surface area contributed by atoms with Gasteiger partial charge in [0, 0.05) is 36.6 Å². The Balaban J connectivity index is 0.00000304. The molecular formula is C23H20N7NaO4S. The second-order valence-electron chi connectivity index (χ2n) is 7.90. The zero-order valence-corrected chi connectivity index (χ0v) is 22.4. The summed E-state index contributed by atoms with van der Waals surface area (Å²) in [6.45, 7) is 1.11. The van der Waals surface area contributed by atoms with E-state index < -0.39 is 15.9 Å². The first-order chi connectivity index (χ1) is 16.9. The van der Waals surface area contributed by atoms with Gasteiger partial charge in [-0.05, 0) is 24.3 Å². The van der Waals surface area contributed by atoms with Crippen LogP contribution >= 0.6 is 0 Å². The third-order valence-electron chi connectivity index (χ3n) is 5.15. The molecule has 0 unspecified atom stereocenters. The number of carbonyl (C=O) groups excluding carboxylic acids is 1. The molecule has 0 bridgehead atoms. The number of rotatable bonds is 7. The topological polar surface area (TPSA) is 143 Å². The number of pyridine rings is 3. The first-order valence-electron chi connectivity index (χ1n) is 10.6. The summed E-state index contributed by atoms with van der Waals surface area (Å²) in [7, 11) is -3.58. The molecule has 1 saturated heterocycles. The maximum Gasteiger partial charge on any atom is 1.00 e. The van der Waals surface area contributed by atoms with Gasteiger partial charge in [0.25, 0.3) is 5.91 Å². The number of amides is 1. The van der Waals surface area contributed by atoms with Gasteiger partial charge in [-0.25, -0.2) is 13.4 Å². The minimum atomic E-state index is -3.58. The molecule has 178 valence electrons. The number of aromatic nitrogens is 5. The molecule has 4 aromatic rings. The first-order valence-corrected chi connectivity index (χ1v) is 12.5. The quantitative estimate of drug-likeness (QED) is 0.345. The SMILES string of the molecule is CS(=O)(=O)[N-]c1cncc(-c2cccc(C(=O)Nc3cn(C4COC4)nc3-c3ccccn3)n2)c1.[Na+]. The van der Waals surface area contributed by atoms with Crippen LogP contribution in [0.1, 0.15) is 16.5 Å². The van der Waals surface area contributed by atoms with Crippen molar-refractivity contribution < 1.29 is 47.5 Å². The fourth-order valence-electron chi connectivity index (χ4n) is 3.46. The average molecular weight is 514 g/mol. The molecule has 0 radical (unpaired) electrons. The van der Waals surface area contributed by atoms with E-state index >= 15 is 0 Å². The van der Waals surface area contributed by atoms with Crippen molar-refractivity contribution >= 4 is 27.3 Å². The van der Waals surface area contributed by atoms with Gasteiger partial charge >= 0.3 is 29.6 Å². The molecule has 36 heavy (non-hydrogen) atoms. The maximum absolute atomic E-state index is 13.1. The van der Waals surface area contributed by atoms with E-state index in [1.54, 1.807) is 47.4 Å². The van der Waals surface area contributed by atoms with Crippen molar-refractivity contribution in [1.29, 1.82) is 0 Å². The first kappa shape index (κ1) is 25.9. The Morgan fingerprint density at radius 2 is 1.94 bits per heavy atom. The Morgan fingerprint density at radius 1 is 1.14 bits per heavy atom. The molecule has 0 spiro atoms. The Hall–Kier alpha value is -3.16. The number of hydrogen-bond donors (Lipinski definition) is 1. The molecule has 1 amide bonds. The Morgan fingerprint density at radius 3 is 2.64 bits per heavy atom. The van der Waals surface area contributed by atoms with E-state index in [0.717, 1.165) is 6.26 Å². The molecule has 1 aliphatic rings. The molecule has 1 fully saturated rings. The zero-order valence-electron chi connectivity index (χ0n) is 19.6. The third-order valence-corrected chi connectivity index (χ3v) is 5.70. The summed E-state index contributed by atoms with van der Waals surface area (Å²) >= 11 is 0. The Labute approximate surface area is 229 Å². The minimum Gasteiger partial charge on any atom is -0.576 e. The van der Waals surface area contributed by atoms with E-state index in [1.165, 1.54) is 12.4 Å². The van der Waals surface area contributed by atoms with E-state index in [2.05, 4.69) is 30.1 Å². The number of carbonyl (C=O) groups is 1. The van der Waals surface area contributed by atoms with Crippen molar-refractivity contribution in [3.05, 3.63) is 77.7 Å². The molecule has 0 saturated carbocycles. The molecule has 5 heterocycles. The van der Waals surface area contributed by atoms with Gasteiger partial charge in [0.15, 0.2) is 0 Å². The second-order valence-corrected chi connectivity index (χ2v) is 9.54.